The lowest BCUT2D eigenvalue weighted by molar-refractivity contribution is -0.384. The zero-order chi connectivity index (χ0) is 23.1. The van der Waals surface area contributed by atoms with Crippen molar-refractivity contribution in [3.63, 3.8) is 0 Å². The van der Waals surface area contributed by atoms with E-state index in [1.54, 1.807) is 18.2 Å². The Bertz CT molecular complexity index is 1180. The summed E-state index contributed by atoms with van der Waals surface area (Å²) in [5.41, 5.74) is 5.94. The maximum atomic E-state index is 12.3. The first kappa shape index (κ1) is 22.4. The van der Waals surface area contributed by atoms with Crippen molar-refractivity contribution in [2.45, 2.75) is 6.92 Å². The molecule has 0 spiro atoms. The van der Waals surface area contributed by atoms with Crippen molar-refractivity contribution in [2.24, 2.45) is 0 Å². The van der Waals surface area contributed by atoms with Crippen molar-refractivity contribution < 1.29 is 23.7 Å². The first-order valence-electron chi connectivity index (χ1n) is 9.27. The number of hydrogen-bond acceptors (Lipinski definition) is 7. The predicted octanol–water partition coefficient (Wildman–Crippen LogP) is 2.88. The van der Waals surface area contributed by atoms with E-state index in [1.165, 1.54) is 30.3 Å². The summed E-state index contributed by atoms with van der Waals surface area (Å²) in [6.45, 7) is 1.61. The van der Waals surface area contributed by atoms with Gasteiger partial charge in [-0.1, -0.05) is 30.3 Å². The van der Waals surface area contributed by atoms with Gasteiger partial charge in [0.25, 0.3) is 17.5 Å². The van der Waals surface area contributed by atoms with Gasteiger partial charge in [-0.2, -0.15) is 0 Å². The fourth-order valence-electron chi connectivity index (χ4n) is 2.61. The average molecular weight is 454 g/mol. The minimum Gasteiger partial charge on any atom is -0.483 e. The molecule has 164 valence electrons. The highest BCUT2D eigenvalue weighted by Gasteiger charge is 2.15. The van der Waals surface area contributed by atoms with Crippen LogP contribution >= 0.6 is 12.2 Å². The van der Waals surface area contributed by atoms with Crippen LogP contribution in [0.4, 0.5) is 5.69 Å². The Morgan fingerprint density at radius 3 is 2.62 bits per heavy atom. The van der Waals surface area contributed by atoms with E-state index in [0.717, 1.165) is 5.56 Å². The van der Waals surface area contributed by atoms with Crippen LogP contribution in [0, 0.1) is 17.0 Å². The minimum atomic E-state index is -0.662. The molecule has 2 amide bonds. The van der Waals surface area contributed by atoms with E-state index in [9.17, 15) is 19.7 Å². The third-order valence-electron chi connectivity index (χ3n) is 4.17. The third kappa shape index (κ3) is 5.89. The van der Waals surface area contributed by atoms with E-state index in [1.807, 2.05) is 19.1 Å². The van der Waals surface area contributed by atoms with Gasteiger partial charge in [0.1, 0.15) is 11.5 Å². The van der Waals surface area contributed by atoms with Crippen molar-refractivity contribution in [2.75, 3.05) is 6.61 Å². The molecule has 0 aliphatic rings. The van der Waals surface area contributed by atoms with E-state index >= 15 is 0 Å². The summed E-state index contributed by atoms with van der Waals surface area (Å²) in [5, 5.41) is 13.1. The number of carbonyl (C=O) groups excluding carboxylic acids is 2. The molecule has 3 rings (SSSR count). The summed E-state index contributed by atoms with van der Waals surface area (Å²) in [6.07, 6.45) is 0. The number of nitro benzene ring substituents is 1. The van der Waals surface area contributed by atoms with Crippen LogP contribution in [-0.4, -0.2) is 28.5 Å². The molecule has 0 saturated heterocycles. The molecule has 0 radical (unpaired) electrons. The number of ether oxygens (including phenoxy) is 1. The van der Waals surface area contributed by atoms with Gasteiger partial charge >= 0.3 is 0 Å². The highest BCUT2D eigenvalue weighted by atomic mass is 32.1. The van der Waals surface area contributed by atoms with E-state index in [4.69, 9.17) is 21.4 Å². The van der Waals surface area contributed by atoms with Crippen molar-refractivity contribution in [3.8, 4) is 17.1 Å². The molecule has 1 aromatic heterocycles. The number of amides is 2. The summed E-state index contributed by atoms with van der Waals surface area (Å²) >= 11 is 4.98. The van der Waals surface area contributed by atoms with Crippen molar-refractivity contribution in [1.29, 1.82) is 0 Å². The molecule has 11 heteroatoms. The zero-order valence-electron chi connectivity index (χ0n) is 16.8. The fourth-order valence-corrected chi connectivity index (χ4v) is 2.75. The zero-order valence-corrected chi connectivity index (χ0v) is 17.6. The summed E-state index contributed by atoms with van der Waals surface area (Å²) < 4.78 is 10.9. The number of hydrogen-bond donors (Lipinski definition) is 3. The number of benzene rings is 2. The van der Waals surface area contributed by atoms with Crippen LogP contribution in [0.15, 0.2) is 65.1 Å². The number of rotatable bonds is 6. The van der Waals surface area contributed by atoms with Crippen LogP contribution in [0.2, 0.25) is 0 Å². The molecule has 3 aromatic rings. The fraction of sp³-hybridized carbons (Fsp3) is 0.0952. The molecule has 0 atom stereocenters. The summed E-state index contributed by atoms with van der Waals surface area (Å²) in [4.78, 5) is 34.6. The number of nitrogens with one attached hydrogen (secondary N) is 3. The molecule has 0 aliphatic heterocycles. The standard InChI is InChI=1S/C21H18N4O6S/c1-13-5-2-3-8-16(13)30-12-19(26)23-24-21(32)22-20(27)18-10-9-17(31-18)14-6-4-7-15(11-14)25(28)29/h2-11H,12H2,1H3,(H,23,26)(H2,22,24,27,32). The minimum absolute atomic E-state index is 0.0649. The average Bonchev–Trinajstić information content (AvgIpc) is 3.28. The molecule has 2 aromatic carbocycles. The predicted molar refractivity (Wildman–Crippen MR) is 119 cm³/mol. The quantitative estimate of drug-likeness (QED) is 0.294. The van der Waals surface area contributed by atoms with Gasteiger partial charge in [-0.15, -0.1) is 0 Å². The van der Waals surface area contributed by atoms with E-state index < -0.39 is 16.7 Å². The lowest BCUT2D eigenvalue weighted by Gasteiger charge is -2.11. The van der Waals surface area contributed by atoms with Crippen LogP contribution in [0.25, 0.3) is 11.3 Å². The number of para-hydroxylation sites is 1. The molecule has 1 heterocycles. The van der Waals surface area contributed by atoms with Crippen molar-refractivity contribution in [3.05, 3.63) is 82.1 Å². The SMILES string of the molecule is Cc1ccccc1OCC(=O)NNC(=S)NC(=O)c1ccc(-c2cccc([N+](=O)[O-])c2)o1. The highest BCUT2D eigenvalue weighted by molar-refractivity contribution is 7.80. The van der Waals surface area contributed by atoms with Gasteiger partial charge in [0.05, 0.1) is 4.92 Å². The highest BCUT2D eigenvalue weighted by Crippen LogP contribution is 2.25. The van der Waals surface area contributed by atoms with Gasteiger partial charge in [0.15, 0.2) is 17.5 Å². The van der Waals surface area contributed by atoms with Crippen LogP contribution in [0.5, 0.6) is 5.75 Å². The van der Waals surface area contributed by atoms with Gasteiger partial charge in [-0.05, 0) is 42.9 Å². The van der Waals surface area contributed by atoms with Gasteiger partial charge in [-0.3, -0.25) is 35.9 Å². The number of furan rings is 1. The molecule has 0 aliphatic carbocycles. The Hall–Kier alpha value is -4.25. The smallest absolute Gasteiger partial charge is 0.293 e. The van der Waals surface area contributed by atoms with E-state index in [2.05, 4.69) is 16.2 Å². The molecule has 0 unspecified atom stereocenters. The Morgan fingerprint density at radius 2 is 1.88 bits per heavy atom. The van der Waals surface area contributed by atoms with Crippen molar-refractivity contribution in [1.82, 2.24) is 16.2 Å². The molecule has 0 bridgehead atoms. The van der Waals surface area contributed by atoms with Crippen LogP contribution in [0.1, 0.15) is 16.1 Å². The van der Waals surface area contributed by atoms with Crippen LogP contribution in [-0.2, 0) is 4.79 Å². The number of nitrogens with zero attached hydrogens (tertiary/aromatic N) is 1. The molecular weight excluding hydrogens is 436 g/mol. The maximum absolute atomic E-state index is 12.3. The first-order chi connectivity index (χ1) is 15.3. The van der Waals surface area contributed by atoms with Crippen molar-refractivity contribution >= 4 is 34.8 Å². The second-order valence-electron chi connectivity index (χ2n) is 6.48. The second-order valence-corrected chi connectivity index (χ2v) is 6.89. The Labute approximate surface area is 187 Å². The molecule has 0 saturated carbocycles. The van der Waals surface area contributed by atoms with Crippen LogP contribution in [0.3, 0.4) is 0 Å². The maximum Gasteiger partial charge on any atom is 0.293 e. The molecule has 3 N–H and O–H groups in total. The topological polar surface area (TPSA) is 136 Å². The number of thiocarbonyl (C=S) groups is 1. The first-order valence-corrected chi connectivity index (χ1v) is 9.67. The number of nitro groups is 1. The molecule has 32 heavy (non-hydrogen) atoms. The normalized spacial score (nSPS) is 10.2. The third-order valence-corrected chi connectivity index (χ3v) is 4.37. The summed E-state index contributed by atoms with van der Waals surface area (Å²) in [7, 11) is 0. The van der Waals surface area contributed by atoms with Gasteiger partial charge in [0, 0.05) is 17.7 Å². The largest absolute Gasteiger partial charge is 0.483 e. The van der Waals surface area contributed by atoms with E-state index in [-0.39, 0.29) is 28.9 Å². The Balaban J connectivity index is 1.49. The molecule has 0 fully saturated rings. The Morgan fingerprint density at radius 1 is 1.09 bits per heavy atom. The summed E-state index contributed by atoms with van der Waals surface area (Å²) in [6, 6.07) is 16.0. The number of non-ortho nitro benzene ring substituents is 1. The van der Waals surface area contributed by atoms with E-state index in [0.29, 0.717) is 11.3 Å². The lowest BCUT2D eigenvalue weighted by Crippen LogP contribution is -2.49. The number of carbonyl (C=O) groups is 2. The Kier molecular flexibility index (Phi) is 7.13. The monoisotopic (exact) mass is 454 g/mol. The van der Waals surface area contributed by atoms with Crippen LogP contribution < -0.4 is 20.9 Å². The van der Waals surface area contributed by atoms with Gasteiger partial charge in [0.2, 0.25) is 0 Å². The summed E-state index contributed by atoms with van der Waals surface area (Å²) in [5.74, 6) is -0.374. The second kappa shape index (κ2) is 10.2. The van der Waals surface area contributed by atoms with Gasteiger partial charge in [-0.25, -0.2) is 0 Å². The molecule has 10 nitrogen and oxygen atoms in total. The lowest BCUT2D eigenvalue weighted by atomic mass is 10.1. The number of hydrazine groups is 1. The molecular formula is C21H18N4O6S. The van der Waals surface area contributed by atoms with Gasteiger partial charge < -0.3 is 9.15 Å². The number of aryl methyl sites for hydroxylation is 1.